The third-order valence-electron chi connectivity index (χ3n) is 2.05. The number of hydrogen-bond donors (Lipinski definition) is 1. The van der Waals surface area contributed by atoms with E-state index in [0.29, 0.717) is 12.2 Å². The number of likely N-dealkylation sites (N-methyl/N-ethyl adjacent to an activating group) is 1. The Morgan fingerprint density at radius 2 is 2.13 bits per heavy atom. The van der Waals surface area contributed by atoms with Gasteiger partial charge in [-0.3, -0.25) is 0 Å². The Balaban J connectivity index is 2.66. The minimum absolute atomic E-state index is 0.279. The topological polar surface area (TPSA) is 38.5 Å². The van der Waals surface area contributed by atoms with Crippen molar-refractivity contribution in [3.63, 3.8) is 0 Å². The molecule has 0 aliphatic carbocycles. The molecule has 4 heteroatoms. The second-order valence-electron chi connectivity index (χ2n) is 3.58. The predicted octanol–water partition coefficient (Wildman–Crippen LogP) is 1.22. The van der Waals surface area contributed by atoms with Gasteiger partial charge >= 0.3 is 0 Å². The fraction of sp³-hybridized carbons (Fsp3) is 0.455. The summed E-state index contributed by atoms with van der Waals surface area (Å²) in [5.74, 6) is -0.0708. The summed E-state index contributed by atoms with van der Waals surface area (Å²) in [6.07, 6.45) is 0. The van der Waals surface area contributed by atoms with Crippen LogP contribution in [0.3, 0.4) is 0 Å². The highest BCUT2D eigenvalue weighted by molar-refractivity contribution is 5.34. The van der Waals surface area contributed by atoms with Crippen molar-refractivity contribution in [3.8, 4) is 5.75 Å². The molecule has 15 heavy (non-hydrogen) atoms. The molecule has 2 N–H and O–H groups in total. The molecule has 0 bridgehead atoms. The normalized spacial score (nSPS) is 10.7. The third-order valence-corrected chi connectivity index (χ3v) is 2.05. The summed E-state index contributed by atoms with van der Waals surface area (Å²) < 4.78 is 18.7. The summed E-state index contributed by atoms with van der Waals surface area (Å²) in [6, 6.07) is 4.79. The van der Waals surface area contributed by atoms with Crippen LogP contribution in [0.15, 0.2) is 18.2 Å². The molecule has 0 aliphatic rings. The maximum absolute atomic E-state index is 13.4. The van der Waals surface area contributed by atoms with Crippen molar-refractivity contribution in [1.29, 1.82) is 0 Å². The maximum atomic E-state index is 13.4. The molecule has 1 rings (SSSR count). The van der Waals surface area contributed by atoms with Crippen molar-refractivity contribution in [3.05, 3.63) is 29.6 Å². The molecule has 0 saturated carbocycles. The average Bonchev–Trinajstić information content (AvgIpc) is 2.20. The van der Waals surface area contributed by atoms with Crippen molar-refractivity contribution < 1.29 is 9.13 Å². The van der Waals surface area contributed by atoms with Gasteiger partial charge in [-0.1, -0.05) is 12.1 Å². The van der Waals surface area contributed by atoms with E-state index in [1.807, 2.05) is 19.0 Å². The number of benzene rings is 1. The van der Waals surface area contributed by atoms with Gasteiger partial charge in [-0.25, -0.2) is 4.39 Å². The average molecular weight is 212 g/mol. The van der Waals surface area contributed by atoms with Gasteiger partial charge in [-0.15, -0.1) is 0 Å². The monoisotopic (exact) mass is 212 g/mol. The van der Waals surface area contributed by atoms with Crippen LogP contribution in [0.4, 0.5) is 4.39 Å². The summed E-state index contributed by atoms with van der Waals surface area (Å²) in [5.41, 5.74) is 6.20. The highest BCUT2D eigenvalue weighted by Crippen LogP contribution is 2.21. The van der Waals surface area contributed by atoms with Gasteiger partial charge < -0.3 is 15.4 Å². The molecular weight excluding hydrogens is 195 g/mol. The molecule has 0 aromatic heterocycles. The molecule has 0 aliphatic heterocycles. The van der Waals surface area contributed by atoms with Crippen molar-refractivity contribution in [2.45, 2.75) is 6.54 Å². The molecule has 0 radical (unpaired) electrons. The Morgan fingerprint density at radius 3 is 2.73 bits per heavy atom. The summed E-state index contributed by atoms with van der Waals surface area (Å²) in [5, 5.41) is 0. The molecule has 0 unspecified atom stereocenters. The van der Waals surface area contributed by atoms with Gasteiger partial charge in [-0.05, 0) is 20.2 Å². The van der Waals surface area contributed by atoms with Gasteiger partial charge in [0.2, 0.25) is 0 Å². The summed E-state index contributed by atoms with van der Waals surface area (Å²) in [7, 11) is 3.88. The van der Waals surface area contributed by atoms with E-state index in [1.165, 1.54) is 6.07 Å². The number of nitrogens with two attached hydrogens (primary N) is 1. The number of halogens is 1. The number of rotatable bonds is 5. The lowest BCUT2D eigenvalue weighted by Crippen LogP contribution is -2.20. The Hall–Kier alpha value is -1.13. The minimum Gasteiger partial charge on any atom is -0.489 e. The molecule has 3 nitrogen and oxygen atoms in total. The van der Waals surface area contributed by atoms with Crippen LogP contribution >= 0.6 is 0 Å². The Labute approximate surface area is 89.6 Å². The predicted molar refractivity (Wildman–Crippen MR) is 58.3 cm³/mol. The first-order valence-corrected chi connectivity index (χ1v) is 4.90. The molecule has 84 valence electrons. The Bertz CT molecular complexity index is 315. The maximum Gasteiger partial charge on any atom is 0.165 e. The molecule has 0 atom stereocenters. The molecule has 1 aromatic rings. The SMILES string of the molecule is CN(C)CCOc1c(F)cccc1CN. The van der Waals surface area contributed by atoms with Crippen LogP contribution < -0.4 is 10.5 Å². The second kappa shape index (κ2) is 5.68. The first kappa shape index (κ1) is 11.9. The largest absolute Gasteiger partial charge is 0.489 e. The zero-order valence-electron chi connectivity index (χ0n) is 9.16. The van der Waals surface area contributed by atoms with Crippen LogP contribution in [0.2, 0.25) is 0 Å². The number of para-hydroxylation sites is 1. The standard InChI is InChI=1S/C11H17FN2O/c1-14(2)6-7-15-11-9(8-13)4-3-5-10(11)12/h3-5H,6-8,13H2,1-2H3. The van der Waals surface area contributed by atoms with Crippen molar-refractivity contribution in [2.24, 2.45) is 5.73 Å². The molecule has 0 saturated heterocycles. The van der Waals surface area contributed by atoms with E-state index < -0.39 is 0 Å². The Kier molecular flexibility index (Phi) is 4.52. The van der Waals surface area contributed by atoms with Crippen LogP contribution in [0.25, 0.3) is 0 Å². The second-order valence-corrected chi connectivity index (χ2v) is 3.58. The molecule has 0 fully saturated rings. The minimum atomic E-state index is -0.350. The molecular formula is C11H17FN2O. The fourth-order valence-electron chi connectivity index (χ4n) is 1.21. The first-order chi connectivity index (χ1) is 7.15. The lowest BCUT2D eigenvalue weighted by Gasteiger charge is -2.13. The van der Waals surface area contributed by atoms with Crippen LogP contribution in [0.1, 0.15) is 5.56 Å². The highest BCUT2D eigenvalue weighted by Gasteiger charge is 2.08. The van der Waals surface area contributed by atoms with E-state index in [0.717, 1.165) is 6.54 Å². The van der Waals surface area contributed by atoms with Gasteiger partial charge in [-0.2, -0.15) is 0 Å². The third kappa shape index (κ3) is 3.49. The number of hydrogen-bond acceptors (Lipinski definition) is 3. The van der Waals surface area contributed by atoms with Gasteiger partial charge in [0, 0.05) is 18.7 Å². The van der Waals surface area contributed by atoms with E-state index in [2.05, 4.69) is 0 Å². The van der Waals surface area contributed by atoms with Crippen LogP contribution in [-0.4, -0.2) is 32.1 Å². The Morgan fingerprint density at radius 1 is 1.40 bits per heavy atom. The number of nitrogens with zero attached hydrogens (tertiary/aromatic N) is 1. The van der Waals surface area contributed by atoms with Crippen LogP contribution in [0, 0.1) is 5.82 Å². The smallest absolute Gasteiger partial charge is 0.165 e. The quantitative estimate of drug-likeness (QED) is 0.797. The van der Waals surface area contributed by atoms with Gasteiger partial charge in [0.25, 0.3) is 0 Å². The van der Waals surface area contributed by atoms with E-state index in [-0.39, 0.29) is 18.1 Å². The van der Waals surface area contributed by atoms with E-state index in [4.69, 9.17) is 10.5 Å². The van der Waals surface area contributed by atoms with Gasteiger partial charge in [0.05, 0.1) is 0 Å². The first-order valence-electron chi connectivity index (χ1n) is 4.90. The molecule has 1 aromatic carbocycles. The van der Waals surface area contributed by atoms with E-state index in [9.17, 15) is 4.39 Å². The summed E-state index contributed by atoms with van der Waals surface area (Å²) in [4.78, 5) is 1.98. The summed E-state index contributed by atoms with van der Waals surface area (Å²) >= 11 is 0. The zero-order chi connectivity index (χ0) is 11.3. The van der Waals surface area contributed by atoms with Crippen LogP contribution in [0.5, 0.6) is 5.75 Å². The van der Waals surface area contributed by atoms with Gasteiger partial charge in [0.15, 0.2) is 11.6 Å². The zero-order valence-corrected chi connectivity index (χ0v) is 9.16. The molecule has 0 spiro atoms. The summed E-state index contributed by atoms with van der Waals surface area (Å²) in [6.45, 7) is 1.49. The fourth-order valence-corrected chi connectivity index (χ4v) is 1.21. The lowest BCUT2D eigenvalue weighted by atomic mass is 10.2. The van der Waals surface area contributed by atoms with Gasteiger partial charge in [0.1, 0.15) is 6.61 Å². The molecule has 0 heterocycles. The van der Waals surface area contributed by atoms with E-state index in [1.54, 1.807) is 12.1 Å². The highest BCUT2D eigenvalue weighted by atomic mass is 19.1. The van der Waals surface area contributed by atoms with E-state index >= 15 is 0 Å². The molecule has 0 amide bonds. The van der Waals surface area contributed by atoms with Crippen LogP contribution in [-0.2, 0) is 6.54 Å². The lowest BCUT2D eigenvalue weighted by molar-refractivity contribution is 0.250. The van der Waals surface area contributed by atoms with Crippen molar-refractivity contribution in [1.82, 2.24) is 4.90 Å². The van der Waals surface area contributed by atoms with Crippen molar-refractivity contribution in [2.75, 3.05) is 27.2 Å². The van der Waals surface area contributed by atoms with Crippen molar-refractivity contribution >= 4 is 0 Å². The number of ether oxygens (including phenoxy) is 1.